The van der Waals surface area contributed by atoms with E-state index in [1.54, 1.807) is 12.3 Å². The van der Waals surface area contributed by atoms with Crippen LogP contribution in [0.25, 0.3) is 0 Å². The first kappa shape index (κ1) is 6.48. The minimum Gasteiger partial charge on any atom is -0.465 e. The number of nitrogens with one attached hydrogen (secondary N) is 1. The molecule has 1 aromatic heterocycles. The van der Waals surface area contributed by atoms with Gasteiger partial charge in [0.2, 0.25) is 11.3 Å². The molecular weight excluding hydrogens is 162 g/mol. The molecule has 1 aliphatic rings. The predicted octanol–water partition coefficient (Wildman–Crippen LogP) is 1.62. The highest BCUT2D eigenvalue weighted by Crippen LogP contribution is 2.18. The lowest BCUT2D eigenvalue weighted by Crippen LogP contribution is -2.17. The highest BCUT2D eigenvalue weighted by atomic mass is 32.1. The van der Waals surface area contributed by atoms with E-state index in [1.807, 2.05) is 6.07 Å². The Morgan fingerprint density at radius 2 is 2.55 bits per heavy atom. The van der Waals surface area contributed by atoms with E-state index < -0.39 is 0 Å². The maximum absolute atomic E-state index is 5.09. The number of furan rings is 1. The Hall–Kier alpha value is -1.23. The maximum Gasteiger partial charge on any atom is 0.215 e. The predicted molar refractivity (Wildman–Crippen MR) is 42.0 cm³/mol. The quantitative estimate of drug-likeness (QED) is 0.646. The van der Waals surface area contributed by atoms with Crippen molar-refractivity contribution in [1.82, 2.24) is 5.32 Å². The Labute approximate surface area is 68.3 Å². The number of azo groups is 1. The van der Waals surface area contributed by atoms with E-state index >= 15 is 0 Å². The summed E-state index contributed by atoms with van der Waals surface area (Å²) < 4.78 is 5.09. The molecule has 0 spiro atoms. The molecule has 0 aromatic carbocycles. The topological polar surface area (TPSA) is 49.9 Å². The Morgan fingerprint density at radius 3 is 3.09 bits per heavy atom. The lowest BCUT2D eigenvalue weighted by atomic mass is 10.4. The third-order valence-corrected chi connectivity index (χ3v) is 1.54. The van der Waals surface area contributed by atoms with Gasteiger partial charge < -0.3 is 9.73 Å². The number of hydrogen-bond donors (Lipinski definition) is 1. The van der Waals surface area contributed by atoms with Gasteiger partial charge >= 0.3 is 0 Å². The molecule has 5 heteroatoms. The maximum atomic E-state index is 5.09. The van der Waals surface area contributed by atoms with Crippen molar-refractivity contribution in [3.05, 3.63) is 24.2 Å². The number of hydrogen-bond acceptors (Lipinski definition) is 3. The van der Waals surface area contributed by atoms with Gasteiger partial charge in [-0.05, 0) is 24.4 Å². The van der Waals surface area contributed by atoms with Crippen LogP contribution in [0.2, 0.25) is 0 Å². The van der Waals surface area contributed by atoms with E-state index in [0.29, 0.717) is 5.11 Å². The molecule has 0 saturated carbocycles. The minimum absolute atomic E-state index is 0.225. The highest BCUT2D eigenvalue weighted by molar-refractivity contribution is 7.80. The Kier molecular flexibility index (Phi) is 1.43. The average Bonchev–Trinajstić information content (AvgIpc) is 2.55. The van der Waals surface area contributed by atoms with Gasteiger partial charge in [-0.3, -0.25) is 0 Å². The van der Waals surface area contributed by atoms with Crippen molar-refractivity contribution in [2.45, 2.75) is 6.17 Å². The summed E-state index contributed by atoms with van der Waals surface area (Å²) in [5, 5.41) is 10.8. The van der Waals surface area contributed by atoms with Crippen LogP contribution in [0.3, 0.4) is 0 Å². The van der Waals surface area contributed by atoms with E-state index in [0.717, 1.165) is 5.76 Å². The molecule has 4 nitrogen and oxygen atoms in total. The second-order valence-electron chi connectivity index (χ2n) is 2.08. The van der Waals surface area contributed by atoms with Crippen LogP contribution in [0.15, 0.2) is 33.0 Å². The van der Waals surface area contributed by atoms with Crippen molar-refractivity contribution in [2.75, 3.05) is 0 Å². The van der Waals surface area contributed by atoms with Gasteiger partial charge in [0.15, 0.2) is 0 Å². The van der Waals surface area contributed by atoms with E-state index in [-0.39, 0.29) is 6.17 Å². The van der Waals surface area contributed by atoms with Gasteiger partial charge in [-0.1, -0.05) is 0 Å². The number of thiocarbonyl (C=S) groups is 1. The van der Waals surface area contributed by atoms with Crippen LogP contribution in [0.1, 0.15) is 11.9 Å². The van der Waals surface area contributed by atoms with Crippen LogP contribution in [-0.4, -0.2) is 5.11 Å². The van der Waals surface area contributed by atoms with Gasteiger partial charge in [-0.2, -0.15) is 5.11 Å². The van der Waals surface area contributed by atoms with Crippen molar-refractivity contribution in [3.8, 4) is 0 Å². The van der Waals surface area contributed by atoms with E-state index in [4.69, 9.17) is 16.6 Å². The summed E-state index contributed by atoms with van der Waals surface area (Å²) in [4.78, 5) is 0. The summed E-state index contributed by atoms with van der Waals surface area (Å²) >= 11 is 4.76. The van der Waals surface area contributed by atoms with Gasteiger partial charge in [0, 0.05) is 0 Å². The summed E-state index contributed by atoms with van der Waals surface area (Å²) in [6.07, 6.45) is 1.37. The molecule has 11 heavy (non-hydrogen) atoms. The first-order valence-electron chi connectivity index (χ1n) is 3.11. The van der Waals surface area contributed by atoms with E-state index in [9.17, 15) is 0 Å². The van der Waals surface area contributed by atoms with Gasteiger partial charge in [0.1, 0.15) is 5.76 Å². The zero-order valence-electron chi connectivity index (χ0n) is 5.52. The summed E-state index contributed by atoms with van der Waals surface area (Å²) in [6.45, 7) is 0. The van der Waals surface area contributed by atoms with Crippen molar-refractivity contribution < 1.29 is 4.42 Å². The molecule has 0 aliphatic carbocycles. The standard InChI is InChI=1S/C6H5N3OS/c11-6-7-5(8-9-6)4-2-1-3-10-4/h1-3,5H,(H,7,11). The molecule has 0 bridgehead atoms. The molecule has 2 rings (SSSR count). The van der Waals surface area contributed by atoms with Gasteiger partial charge in [0.25, 0.3) is 0 Å². The Morgan fingerprint density at radius 1 is 1.64 bits per heavy atom. The second-order valence-corrected chi connectivity index (χ2v) is 2.47. The van der Waals surface area contributed by atoms with Crippen LogP contribution in [0.5, 0.6) is 0 Å². The SMILES string of the molecule is S=C1N=NC(c2ccco2)N1. The van der Waals surface area contributed by atoms with E-state index in [1.165, 1.54) is 0 Å². The molecule has 1 aliphatic heterocycles. The third-order valence-electron chi connectivity index (χ3n) is 1.34. The van der Waals surface area contributed by atoms with Crippen molar-refractivity contribution in [2.24, 2.45) is 10.2 Å². The molecule has 0 saturated heterocycles. The van der Waals surface area contributed by atoms with Gasteiger partial charge in [-0.25, -0.2) is 0 Å². The Bertz CT molecular complexity index is 293. The van der Waals surface area contributed by atoms with Gasteiger partial charge in [0.05, 0.1) is 6.26 Å². The van der Waals surface area contributed by atoms with Crippen LogP contribution in [0, 0.1) is 0 Å². The van der Waals surface area contributed by atoms with Crippen LogP contribution in [0.4, 0.5) is 0 Å². The summed E-state index contributed by atoms with van der Waals surface area (Å²) in [7, 11) is 0. The van der Waals surface area contributed by atoms with E-state index in [2.05, 4.69) is 15.5 Å². The zero-order valence-corrected chi connectivity index (χ0v) is 6.34. The molecule has 2 heterocycles. The zero-order chi connectivity index (χ0) is 7.68. The normalized spacial score (nSPS) is 22.2. The monoisotopic (exact) mass is 167 g/mol. The minimum atomic E-state index is -0.225. The third kappa shape index (κ3) is 1.14. The highest BCUT2D eigenvalue weighted by Gasteiger charge is 2.18. The van der Waals surface area contributed by atoms with Crippen LogP contribution >= 0.6 is 12.2 Å². The Balaban J connectivity index is 2.21. The van der Waals surface area contributed by atoms with Crippen molar-refractivity contribution >= 4 is 17.3 Å². The molecule has 1 aromatic rings. The number of rotatable bonds is 1. The molecule has 0 amide bonds. The van der Waals surface area contributed by atoms with Crippen LogP contribution in [-0.2, 0) is 0 Å². The fourth-order valence-electron chi connectivity index (χ4n) is 0.860. The van der Waals surface area contributed by atoms with Crippen molar-refractivity contribution in [3.63, 3.8) is 0 Å². The number of nitrogens with zero attached hydrogens (tertiary/aromatic N) is 2. The van der Waals surface area contributed by atoms with Crippen LogP contribution < -0.4 is 5.32 Å². The molecule has 0 fully saturated rings. The fourth-order valence-corrected chi connectivity index (χ4v) is 1.02. The van der Waals surface area contributed by atoms with Gasteiger partial charge in [-0.15, -0.1) is 5.11 Å². The average molecular weight is 167 g/mol. The first-order valence-corrected chi connectivity index (χ1v) is 3.52. The smallest absolute Gasteiger partial charge is 0.215 e. The molecule has 56 valence electrons. The molecular formula is C6H5N3OS. The second kappa shape index (κ2) is 2.43. The summed E-state index contributed by atoms with van der Waals surface area (Å²) in [6, 6.07) is 3.62. The largest absolute Gasteiger partial charge is 0.465 e. The molecule has 1 unspecified atom stereocenters. The lowest BCUT2D eigenvalue weighted by Gasteiger charge is -2.00. The molecule has 1 atom stereocenters. The summed E-state index contributed by atoms with van der Waals surface area (Å²) in [5.41, 5.74) is 0. The molecule has 0 radical (unpaired) electrons. The molecule has 1 N–H and O–H groups in total. The summed E-state index contributed by atoms with van der Waals surface area (Å²) in [5.74, 6) is 0.730. The fraction of sp³-hybridized carbons (Fsp3) is 0.167. The first-order chi connectivity index (χ1) is 5.36. The van der Waals surface area contributed by atoms with Crippen molar-refractivity contribution in [1.29, 1.82) is 0 Å². The lowest BCUT2D eigenvalue weighted by molar-refractivity contribution is 0.459.